The van der Waals surface area contributed by atoms with Crippen molar-refractivity contribution in [3.8, 4) is 12.8 Å². The second kappa shape index (κ2) is 14.4. The average Bonchev–Trinajstić information content (AvgIpc) is 3.54. The van der Waals surface area contributed by atoms with Gasteiger partial charge in [0.2, 0.25) is 11.8 Å². The zero-order valence-corrected chi connectivity index (χ0v) is 21.9. The molecule has 2 fully saturated rings. The molecule has 3 N–H and O–H groups in total. The Bertz CT molecular complexity index is 1240. The molecule has 2 saturated heterocycles. The first-order valence-corrected chi connectivity index (χ1v) is 12.9. The third-order valence-electron chi connectivity index (χ3n) is 6.25. The molecule has 0 unspecified atom stereocenters. The number of fused-ring (bicyclic) bond motifs is 1. The molecule has 5 rings (SSSR count). The van der Waals surface area contributed by atoms with Gasteiger partial charge < -0.3 is 25.3 Å². The van der Waals surface area contributed by atoms with E-state index in [1.54, 1.807) is 17.2 Å². The third-order valence-corrected chi connectivity index (χ3v) is 6.25. The quantitative estimate of drug-likeness (QED) is 0.300. The standard InChI is InChI=1S/C15H14N4O.C12H20N2O2.C2H2/c1-10-8-11-9-12(5-6-13(11)20-10)18-15(16)19-14-4-2-3-7-17-14;15-11-6-2-1-3-9-14(11)10-12(16)13-7-4-5-8-13;1-2/h2-9H,1H3,(H3,16,17,18,19);1-10H2;1-2H. The third kappa shape index (κ3) is 8.37. The van der Waals surface area contributed by atoms with Crippen molar-refractivity contribution >= 4 is 40.2 Å². The van der Waals surface area contributed by atoms with Crippen LogP contribution in [0, 0.1) is 19.8 Å². The molecule has 2 aliphatic rings. The van der Waals surface area contributed by atoms with Gasteiger partial charge in [0.15, 0.2) is 11.8 Å². The van der Waals surface area contributed by atoms with Gasteiger partial charge in [0.05, 0.1) is 6.54 Å². The Kier molecular flexibility index (Phi) is 10.7. The second-order valence-corrected chi connectivity index (χ2v) is 9.13. The Balaban J connectivity index is 0.000000202. The molecule has 200 valence electrons. The molecule has 3 aromatic rings. The highest BCUT2D eigenvalue weighted by Crippen LogP contribution is 2.22. The number of benzene rings is 1. The summed E-state index contributed by atoms with van der Waals surface area (Å²) in [4.78, 5) is 35.5. The maximum Gasteiger partial charge on any atom is 0.242 e. The summed E-state index contributed by atoms with van der Waals surface area (Å²) in [7, 11) is 0. The lowest BCUT2D eigenvalue weighted by molar-refractivity contribution is -0.139. The van der Waals surface area contributed by atoms with Crippen molar-refractivity contribution in [3.05, 3.63) is 54.4 Å². The van der Waals surface area contributed by atoms with Gasteiger partial charge in [-0.3, -0.25) is 9.59 Å². The van der Waals surface area contributed by atoms with E-state index in [1.165, 1.54) is 0 Å². The van der Waals surface area contributed by atoms with Crippen LogP contribution in [0.4, 0.5) is 11.5 Å². The molecule has 0 atom stereocenters. The summed E-state index contributed by atoms with van der Waals surface area (Å²) in [6, 6.07) is 13.2. The van der Waals surface area contributed by atoms with E-state index in [4.69, 9.17) is 10.2 Å². The SMILES string of the molecule is C#C.Cc1cc2cc(N/C(N)=N\c3ccccn3)ccc2o1.O=C(CN1CCCCCC1=O)N1CCCC1. The molecule has 2 amide bonds. The van der Waals surface area contributed by atoms with Crippen LogP contribution in [0.15, 0.2) is 58.1 Å². The molecule has 2 aliphatic heterocycles. The summed E-state index contributed by atoms with van der Waals surface area (Å²) in [6.45, 7) is 4.74. The number of furan rings is 1. The van der Waals surface area contributed by atoms with E-state index < -0.39 is 0 Å². The Morgan fingerprint density at radius 2 is 1.84 bits per heavy atom. The average molecular weight is 517 g/mol. The van der Waals surface area contributed by atoms with E-state index in [0.717, 1.165) is 74.2 Å². The number of amides is 2. The fourth-order valence-electron chi connectivity index (χ4n) is 4.41. The van der Waals surface area contributed by atoms with E-state index in [2.05, 4.69) is 28.1 Å². The Morgan fingerprint density at radius 3 is 2.58 bits per heavy atom. The number of hydrogen-bond acceptors (Lipinski definition) is 5. The minimum absolute atomic E-state index is 0.132. The lowest BCUT2D eigenvalue weighted by Gasteiger charge is -2.23. The van der Waals surface area contributed by atoms with Crippen molar-refractivity contribution in [2.45, 2.75) is 45.4 Å². The molecule has 0 aliphatic carbocycles. The molecule has 0 radical (unpaired) electrons. The van der Waals surface area contributed by atoms with Gasteiger partial charge in [-0.2, -0.15) is 4.99 Å². The van der Waals surface area contributed by atoms with Crippen molar-refractivity contribution in [1.29, 1.82) is 0 Å². The normalized spacial score (nSPS) is 15.7. The van der Waals surface area contributed by atoms with Crippen molar-refractivity contribution < 1.29 is 14.0 Å². The first-order chi connectivity index (χ1) is 18.5. The number of anilines is 1. The number of carbonyl (C=O) groups excluding carboxylic acids is 2. The van der Waals surface area contributed by atoms with Crippen LogP contribution in [-0.4, -0.2) is 58.7 Å². The van der Waals surface area contributed by atoms with Crippen LogP contribution in [0.2, 0.25) is 0 Å². The van der Waals surface area contributed by atoms with E-state index in [0.29, 0.717) is 24.7 Å². The zero-order valence-electron chi connectivity index (χ0n) is 21.9. The van der Waals surface area contributed by atoms with Gasteiger partial charge in [0.25, 0.3) is 0 Å². The predicted octanol–water partition coefficient (Wildman–Crippen LogP) is 4.46. The second-order valence-electron chi connectivity index (χ2n) is 9.13. The van der Waals surface area contributed by atoms with Gasteiger partial charge in [-0.15, -0.1) is 12.8 Å². The van der Waals surface area contributed by atoms with Gasteiger partial charge in [-0.05, 0) is 69.0 Å². The summed E-state index contributed by atoms with van der Waals surface area (Å²) >= 11 is 0. The topological polar surface area (TPSA) is 117 Å². The van der Waals surface area contributed by atoms with Crippen molar-refractivity contribution in [2.75, 3.05) is 31.5 Å². The smallest absolute Gasteiger partial charge is 0.242 e. The number of rotatable bonds is 4. The molecule has 2 aromatic heterocycles. The summed E-state index contributed by atoms with van der Waals surface area (Å²) in [5.41, 5.74) is 7.57. The Morgan fingerprint density at radius 1 is 1.08 bits per heavy atom. The van der Waals surface area contributed by atoms with Gasteiger partial charge in [-0.1, -0.05) is 12.5 Å². The molecule has 1 aromatic carbocycles. The summed E-state index contributed by atoms with van der Waals surface area (Å²) in [5.74, 6) is 2.03. The van der Waals surface area contributed by atoms with Crippen molar-refractivity contribution in [3.63, 3.8) is 0 Å². The van der Waals surface area contributed by atoms with Crippen LogP contribution in [0.1, 0.15) is 44.3 Å². The number of nitrogens with zero attached hydrogens (tertiary/aromatic N) is 4. The Labute approximate surface area is 224 Å². The van der Waals surface area contributed by atoms with Crippen LogP contribution in [0.3, 0.4) is 0 Å². The van der Waals surface area contributed by atoms with Gasteiger partial charge in [-0.25, -0.2) is 4.98 Å². The Hall–Kier alpha value is -4.32. The van der Waals surface area contributed by atoms with E-state index in [-0.39, 0.29) is 11.8 Å². The van der Waals surface area contributed by atoms with Crippen molar-refractivity contribution in [2.24, 2.45) is 10.7 Å². The highest BCUT2D eigenvalue weighted by atomic mass is 16.3. The molecule has 0 saturated carbocycles. The van der Waals surface area contributed by atoms with Gasteiger partial charge in [0, 0.05) is 43.3 Å². The number of hydrogen-bond donors (Lipinski definition) is 2. The minimum atomic E-state index is 0.132. The van der Waals surface area contributed by atoms with Crippen LogP contribution in [0.5, 0.6) is 0 Å². The lowest BCUT2D eigenvalue weighted by Crippen LogP contribution is -2.41. The van der Waals surface area contributed by atoms with Crippen LogP contribution >= 0.6 is 0 Å². The number of likely N-dealkylation sites (tertiary alicyclic amines) is 2. The number of aromatic nitrogens is 1. The molecular formula is C29H36N6O3. The lowest BCUT2D eigenvalue weighted by atomic mass is 10.2. The first kappa shape index (κ1) is 28.3. The molecule has 0 bridgehead atoms. The largest absolute Gasteiger partial charge is 0.461 e. The molecule has 38 heavy (non-hydrogen) atoms. The van der Waals surface area contributed by atoms with E-state index in [1.807, 2.05) is 48.2 Å². The summed E-state index contributed by atoms with van der Waals surface area (Å²) < 4.78 is 5.52. The predicted molar refractivity (Wildman–Crippen MR) is 151 cm³/mol. The van der Waals surface area contributed by atoms with Crippen LogP contribution in [-0.2, 0) is 9.59 Å². The number of nitrogens with one attached hydrogen (secondary N) is 1. The summed E-state index contributed by atoms with van der Waals surface area (Å²) in [5, 5.41) is 4.06. The first-order valence-electron chi connectivity index (χ1n) is 12.9. The number of aliphatic imine (C=N–C) groups is 1. The highest BCUT2D eigenvalue weighted by Gasteiger charge is 2.23. The summed E-state index contributed by atoms with van der Waals surface area (Å²) in [6.07, 6.45) is 15.6. The monoisotopic (exact) mass is 516 g/mol. The van der Waals surface area contributed by atoms with Gasteiger partial charge in [0.1, 0.15) is 11.3 Å². The van der Waals surface area contributed by atoms with E-state index >= 15 is 0 Å². The number of terminal acetylenes is 1. The molecule has 4 heterocycles. The van der Waals surface area contributed by atoms with E-state index in [9.17, 15) is 9.59 Å². The minimum Gasteiger partial charge on any atom is -0.461 e. The number of pyridine rings is 1. The highest BCUT2D eigenvalue weighted by molar-refractivity contribution is 5.95. The zero-order chi connectivity index (χ0) is 27.3. The number of carbonyl (C=O) groups is 2. The van der Waals surface area contributed by atoms with Crippen LogP contribution < -0.4 is 11.1 Å². The maximum atomic E-state index is 11.9. The fraction of sp³-hybridized carbons (Fsp3) is 0.379. The number of guanidine groups is 1. The van der Waals surface area contributed by atoms with Gasteiger partial charge >= 0.3 is 0 Å². The maximum absolute atomic E-state index is 11.9. The molecule has 0 spiro atoms. The fourth-order valence-corrected chi connectivity index (χ4v) is 4.41. The molecular weight excluding hydrogens is 480 g/mol. The van der Waals surface area contributed by atoms with Crippen molar-refractivity contribution in [1.82, 2.24) is 14.8 Å². The van der Waals surface area contributed by atoms with Crippen LogP contribution in [0.25, 0.3) is 11.0 Å². The molecule has 9 heteroatoms. The number of aryl methyl sites for hydroxylation is 1. The molecule has 9 nitrogen and oxygen atoms in total. The number of nitrogens with two attached hydrogens (primary N) is 1.